The maximum absolute atomic E-state index is 11.3. The summed E-state index contributed by atoms with van der Waals surface area (Å²) in [6, 6.07) is 0.221. The van der Waals surface area contributed by atoms with Crippen molar-refractivity contribution in [2.24, 2.45) is 0 Å². The van der Waals surface area contributed by atoms with Gasteiger partial charge in [-0.3, -0.25) is 4.79 Å². The summed E-state index contributed by atoms with van der Waals surface area (Å²) >= 11 is 0. The van der Waals surface area contributed by atoms with Crippen LogP contribution in [0.3, 0.4) is 0 Å². The third kappa shape index (κ3) is 5.47. The van der Waals surface area contributed by atoms with Crippen molar-refractivity contribution in [2.45, 2.75) is 70.4 Å². The van der Waals surface area contributed by atoms with E-state index in [1.807, 2.05) is 0 Å². The lowest BCUT2D eigenvalue weighted by molar-refractivity contribution is -0.154. The first kappa shape index (κ1) is 13.5. The average Bonchev–Trinajstić information content (AvgIpc) is 2.29. The molecule has 94 valence electrons. The monoisotopic (exact) mass is 229 g/mol. The second-order valence-electron chi connectivity index (χ2n) is 4.55. The topological polar surface area (TPSA) is 58.6 Å². The number of carbonyl (C=O) groups is 1. The summed E-state index contributed by atoms with van der Waals surface area (Å²) in [4.78, 5) is 16.3. The van der Waals surface area contributed by atoms with Gasteiger partial charge in [0, 0.05) is 12.5 Å². The Morgan fingerprint density at radius 3 is 2.62 bits per heavy atom. The predicted octanol–water partition coefficient (Wildman–Crippen LogP) is 1.92. The minimum atomic E-state index is -0.168. The lowest BCUT2D eigenvalue weighted by Crippen LogP contribution is -2.36. The van der Waals surface area contributed by atoms with Gasteiger partial charge in [-0.05, 0) is 32.1 Å². The number of hydrogen-bond acceptors (Lipinski definition) is 4. The van der Waals surface area contributed by atoms with Gasteiger partial charge in [-0.2, -0.15) is 5.48 Å². The molecule has 1 fully saturated rings. The number of unbranched alkanes of at least 4 members (excludes halogenated alkanes) is 2. The molecule has 0 aromatic heterocycles. The number of nitrogens with one attached hydrogen (secondary N) is 1. The molecule has 1 aliphatic carbocycles. The van der Waals surface area contributed by atoms with Gasteiger partial charge in [-0.1, -0.05) is 19.8 Å². The predicted molar refractivity (Wildman–Crippen MR) is 61.6 cm³/mol. The molecule has 0 unspecified atom stereocenters. The van der Waals surface area contributed by atoms with Crippen molar-refractivity contribution in [3.8, 4) is 0 Å². The molecule has 0 bridgehead atoms. The second-order valence-corrected chi connectivity index (χ2v) is 4.55. The van der Waals surface area contributed by atoms with Gasteiger partial charge in [0.15, 0.2) is 0 Å². The van der Waals surface area contributed by atoms with Crippen LogP contribution in [0.15, 0.2) is 0 Å². The largest absolute Gasteiger partial charge is 0.393 e. The number of carbonyl (C=O) groups excluding carboxylic acids is 1. The maximum Gasteiger partial charge on any atom is 0.324 e. The van der Waals surface area contributed by atoms with Crippen LogP contribution < -0.4 is 5.48 Å². The molecule has 0 heterocycles. The van der Waals surface area contributed by atoms with Gasteiger partial charge in [-0.25, -0.2) is 0 Å². The van der Waals surface area contributed by atoms with Gasteiger partial charge in [0.2, 0.25) is 0 Å². The molecule has 0 amide bonds. The highest BCUT2D eigenvalue weighted by molar-refractivity contribution is 5.68. The molecule has 16 heavy (non-hydrogen) atoms. The Morgan fingerprint density at radius 1 is 1.31 bits per heavy atom. The molecule has 1 aliphatic rings. The van der Waals surface area contributed by atoms with Crippen molar-refractivity contribution in [3.63, 3.8) is 0 Å². The highest BCUT2D eigenvalue weighted by Gasteiger charge is 2.20. The Hall–Kier alpha value is -0.610. The van der Waals surface area contributed by atoms with E-state index in [4.69, 9.17) is 4.84 Å². The fourth-order valence-corrected chi connectivity index (χ4v) is 1.91. The van der Waals surface area contributed by atoms with Crippen molar-refractivity contribution >= 4 is 5.97 Å². The standard InChI is InChI=1S/C12H23NO3/c1-2-3-4-5-12(15)16-13-10-6-8-11(14)9-7-10/h10-11,13-14H,2-9H2,1H3. The molecule has 4 nitrogen and oxygen atoms in total. The lowest BCUT2D eigenvalue weighted by atomic mass is 9.94. The third-order valence-electron chi connectivity index (χ3n) is 3.02. The molecule has 0 aromatic carbocycles. The first-order valence-electron chi connectivity index (χ1n) is 6.35. The van der Waals surface area contributed by atoms with Crippen LogP contribution in [0.4, 0.5) is 0 Å². The van der Waals surface area contributed by atoms with E-state index in [-0.39, 0.29) is 18.1 Å². The van der Waals surface area contributed by atoms with Gasteiger partial charge in [-0.15, -0.1) is 0 Å². The number of aliphatic hydroxyl groups excluding tert-OH is 1. The summed E-state index contributed by atoms with van der Waals surface area (Å²) in [5.41, 5.74) is 2.81. The van der Waals surface area contributed by atoms with E-state index in [1.54, 1.807) is 0 Å². The summed E-state index contributed by atoms with van der Waals surface area (Å²) in [6.45, 7) is 2.11. The van der Waals surface area contributed by atoms with E-state index in [9.17, 15) is 9.90 Å². The second kappa shape index (κ2) is 7.63. The normalized spacial score (nSPS) is 25.4. The Kier molecular flexibility index (Phi) is 6.42. The lowest BCUT2D eigenvalue weighted by Gasteiger charge is -2.25. The molecule has 0 saturated heterocycles. The van der Waals surface area contributed by atoms with E-state index in [1.165, 1.54) is 0 Å². The van der Waals surface area contributed by atoms with Crippen molar-refractivity contribution in [2.75, 3.05) is 0 Å². The van der Waals surface area contributed by atoms with Gasteiger partial charge in [0.25, 0.3) is 0 Å². The Labute approximate surface area is 97.3 Å². The maximum atomic E-state index is 11.3. The quantitative estimate of drug-likeness (QED) is 0.539. The summed E-state index contributed by atoms with van der Waals surface area (Å²) in [7, 11) is 0. The van der Waals surface area contributed by atoms with E-state index in [0.29, 0.717) is 6.42 Å². The average molecular weight is 229 g/mol. The Balaban J connectivity index is 2.03. The zero-order valence-corrected chi connectivity index (χ0v) is 10.1. The Morgan fingerprint density at radius 2 is 2.00 bits per heavy atom. The zero-order valence-electron chi connectivity index (χ0n) is 10.1. The van der Waals surface area contributed by atoms with E-state index in [0.717, 1.165) is 44.9 Å². The molecule has 0 radical (unpaired) electrons. The molecule has 0 atom stereocenters. The number of rotatable bonds is 6. The molecule has 0 aliphatic heterocycles. The van der Waals surface area contributed by atoms with Gasteiger partial charge in [0.1, 0.15) is 0 Å². The molecule has 0 aromatic rings. The number of hydrogen-bond donors (Lipinski definition) is 2. The molecule has 0 spiro atoms. The minimum absolute atomic E-state index is 0.167. The van der Waals surface area contributed by atoms with Crippen LogP contribution in [0.1, 0.15) is 58.3 Å². The van der Waals surface area contributed by atoms with Crippen LogP contribution in [0.2, 0.25) is 0 Å². The fraction of sp³-hybridized carbons (Fsp3) is 0.917. The number of hydroxylamine groups is 1. The molecule has 2 N–H and O–H groups in total. The van der Waals surface area contributed by atoms with Crippen molar-refractivity contribution in [1.29, 1.82) is 0 Å². The summed E-state index contributed by atoms with van der Waals surface area (Å²) < 4.78 is 0. The summed E-state index contributed by atoms with van der Waals surface area (Å²) in [5, 5.41) is 9.31. The first-order chi connectivity index (χ1) is 7.72. The highest BCUT2D eigenvalue weighted by atomic mass is 16.7. The van der Waals surface area contributed by atoms with Crippen LogP contribution in [-0.4, -0.2) is 23.2 Å². The molecule has 1 rings (SSSR count). The van der Waals surface area contributed by atoms with Crippen LogP contribution in [-0.2, 0) is 9.63 Å². The minimum Gasteiger partial charge on any atom is -0.393 e. The van der Waals surface area contributed by atoms with E-state index >= 15 is 0 Å². The van der Waals surface area contributed by atoms with E-state index in [2.05, 4.69) is 12.4 Å². The third-order valence-corrected chi connectivity index (χ3v) is 3.02. The van der Waals surface area contributed by atoms with Crippen LogP contribution in [0.25, 0.3) is 0 Å². The van der Waals surface area contributed by atoms with Crippen molar-refractivity contribution in [1.82, 2.24) is 5.48 Å². The fourth-order valence-electron chi connectivity index (χ4n) is 1.91. The zero-order chi connectivity index (χ0) is 11.8. The smallest absolute Gasteiger partial charge is 0.324 e. The first-order valence-corrected chi connectivity index (χ1v) is 6.35. The van der Waals surface area contributed by atoms with Crippen molar-refractivity contribution in [3.05, 3.63) is 0 Å². The Bertz CT molecular complexity index is 200. The van der Waals surface area contributed by atoms with Gasteiger partial charge >= 0.3 is 5.97 Å². The molecular weight excluding hydrogens is 206 g/mol. The summed E-state index contributed by atoms with van der Waals surface area (Å²) in [5.74, 6) is -0.167. The van der Waals surface area contributed by atoms with Crippen LogP contribution in [0, 0.1) is 0 Å². The molecule has 4 heteroatoms. The van der Waals surface area contributed by atoms with Crippen LogP contribution >= 0.6 is 0 Å². The number of aliphatic hydroxyl groups is 1. The van der Waals surface area contributed by atoms with Crippen LogP contribution in [0.5, 0.6) is 0 Å². The van der Waals surface area contributed by atoms with Gasteiger partial charge in [0.05, 0.1) is 6.10 Å². The molecular formula is C12H23NO3. The molecule has 1 saturated carbocycles. The van der Waals surface area contributed by atoms with Crippen molar-refractivity contribution < 1.29 is 14.7 Å². The highest BCUT2D eigenvalue weighted by Crippen LogP contribution is 2.18. The summed E-state index contributed by atoms with van der Waals surface area (Å²) in [6.07, 6.45) is 6.77. The van der Waals surface area contributed by atoms with E-state index < -0.39 is 0 Å². The van der Waals surface area contributed by atoms with Gasteiger partial charge < -0.3 is 9.94 Å². The SMILES string of the molecule is CCCCCC(=O)ONC1CCC(O)CC1.